The minimum atomic E-state index is -3.00. The van der Waals surface area contributed by atoms with Crippen LogP contribution in [0.3, 0.4) is 0 Å². The first-order chi connectivity index (χ1) is 7.42. The second-order valence-corrected chi connectivity index (χ2v) is 2.78. The van der Waals surface area contributed by atoms with E-state index in [-0.39, 0.29) is 0 Å². The number of nitrogens with zero attached hydrogens (tertiary/aromatic N) is 2. The van der Waals surface area contributed by atoms with Gasteiger partial charge in [0, 0.05) is 0 Å². The fourth-order valence-electron chi connectivity index (χ4n) is 0.839. The number of isocyanates is 2. The van der Waals surface area contributed by atoms with Crippen molar-refractivity contribution in [2.45, 2.75) is 24.2 Å². The van der Waals surface area contributed by atoms with Gasteiger partial charge in [0.2, 0.25) is 12.2 Å². The van der Waals surface area contributed by atoms with Crippen molar-refractivity contribution in [2.75, 3.05) is 6.61 Å². The van der Waals surface area contributed by atoms with E-state index in [1.165, 1.54) is 0 Å². The number of carbonyl (C=O) groups excluding carboxylic acids is 2. The van der Waals surface area contributed by atoms with Gasteiger partial charge in [-0.3, -0.25) is 0 Å². The second kappa shape index (κ2) is 6.21. The molecule has 0 aromatic carbocycles. The Hall–Kier alpha value is -1.44. The molecule has 0 saturated carbocycles. The van der Waals surface area contributed by atoms with E-state index in [1.54, 1.807) is 0 Å². The van der Waals surface area contributed by atoms with Crippen molar-refractivity contribution in [1.29, 1.82) is 0 Å². The molecular weight excluding hydrogens is 224 g/mol. The third-order valence-corrected chi connectivity index (χ3v) is 1.72. The van der Waals surface area contributed by atoms with Crippen LogP contribution < -0.4 is 0 Å². The molecule has 9 heteroatoms. The first-order valence-electron chi connectivity index (χ1n) is 3.98. The Morgan fingerprint density at radius 1 is 1.12 bits per heavy atom. The Balaban J connectivity index is 5.08. The molecule has 0 heterocycles. The van der Waals surface area contributed by atoms with Crippen LogP contribution >= 0.6 is 0 Å². The summed E-state index contributed by atoms with van der Waals surface area (Å²) in [6, 6.07) is 0. The number of rotatable bonds is 6. The predicted molar refractivity (Wildman–Crippen MR) is 46.3 cm³/mol. The summed E-state index contributed by atoms with van der Waals surface area (Å²) >= 11 is 0. The third kappa shape index (κ3) is 3.30. The molecule has 0 bridgehead atoms. The highest BCUT2D eigenvalue weighted by atomic mass is 16.4. The molecule has 0 spiro atoms. The Kier molecular flexibility index (Phi) is 5.65. The SMILES string of the molecule is O=C=NC(O)(N=C=O)[C@@H](O)[C@H](O)[C@H](O)CO. The molecule has 0 aliphatic carbocycles. The van der Waals surface area contributed by atoms with Crippen molar-refractivity contribution < 1.29 is 35.1 Å². The van der Waals surface area contributed by atoms with Gasteiger partial charge in [-0.15, -0.1) is 9.98 Å². The second-order valence-electron chi connectivity index (χ2n) is 2.78. The molecule has 0 aromatic rings. The molecule has 3 atom stereocenters. The molecule has 9 nitrogen and oxygen atoms in total. The van der Waals surface area contributed by atoms with Gasteiger partial charge in [-0.2, -0.15) is 0 Å². The first kappa shape index (κ1) is 14.6. The van der Waals surface area contributed by atoms with Crippen LogP contribution in [0.15, 0.2) is 9.98 Å². The average molecular weight is 234 g/mol. The molecule has 0 aromatic heterocycles. The van der Waals surface area contributed by atoms with Crippen LogP contribution in [0.4, 0.5) is 0 Å². The maximum Gasteiger partial charge on any atom is 0.305 e. The van der Waals surface area contributed by atoms with Gasteiger partial charge in [-0.25, -0.2) is 9.59 Å². The van der Waals surface area contributed by atoms with E-state index in [9.17, 15) is 24.9 Å². The van der Waals surface area contributed by atoms with Gasteiger partial charge in [-0.05, 0) is 0 Å². The van der Waals surface area contributed by atoms with Gasteiger partial charge in [0.15, 0.2) is 6.10 Å². The van der Waals surface area contributed by atoms with E-state index in [2.05, 4.69) is 9.98 Å². The standard InChI is InChI=1S/C7H10N2O7/c10-1-4(13)5(14)6(15)7(16,8-2-11)9-3-12/h4-6,10,13-16H,1H2/t4-,5-,6+/m1/s1. The fourth-order valence-corrected chi connectivity index (χ4v) is 0.839. The molecule has 5 N–H and O–H groups in total. The summed E-state index contributed by atoms with van der Waals surface area (Å²) in [5.41, 5.74) is 0. The van der Waals surface area contributed by atoms with Gasteiger partial charge in [-0.1, -0.05) is 0 Å². The van der Waals surface area contributed by atoms with E-state index < -0.39 is 30.8 Å². The van der Waals surface area contributed by atoms with Gasteiger partial charge in [0.25, 0.3) is 0 Å². The number of aliphatic imine (C=N–C) groups is 2. The normalized spacial score (nSPS) is 19.6. The van der Waals surface area contributed by atoms with Crippen molar-refractivity contribution in [1.82, 2.24) is 0 Å². The van der Waals surface area contributed by atoms with Crippen molar-refractivity contribution >= 4 is 12.2 Å². The quantitative estimate of drug-likeness (QED) is 0.234. The summed E-state index contributed by atoms with van der Waals surface area (Å²) in [6.45, 7) is -0.927. The Morgan fingerprint density at radius 3 is 1.88 bits per heavy atom. The van der Waals surface area contributed by atoms with E-state index in [1.807, 2.05) is 0 Å². The number of aliphatic hydroxyl groups excluding tert-OH is 4. The molecule has 0 saturated heterocycles. The monoisotopic (exact) mass is 234 g/mol. The Bertz CT molecular complexity index is 303. The van der Waals surface area contributed by atoms with Crippen LogP contribution in [0, 0.1) is 0 Å². The minimum Gasteiger partial charge on any atom is -0.394 e. The topological polar surface area (TPSA) is 160 Å². The maximum atomic E-state index is 9.92. The maximum absolute atomic E-state index is 9.92. The zero-order valence-electron chi connectivity index (χ0n) is 7.89. The highest BCUT2D eigenvalue weighted by Gasteiger charge is 2.43. The van der Waals surface area contributed by atoms with Gasteiger partial charge in [0.1, 0.15) is 12.2 Å². The molecule has 16 heavy (non-hydrogen) atoms. The molecule has 0 radical (unpaired) electrons. The summed E-state index contributed by atoms with van der Waals surface area (Å²) in [7, 11) is 0. The van der Waals surface area contributed by atoms with Crippen molar-refractivity contribution in [3.8, 4) is 0 Å². The predicted octanol–water partition coefficient (Wildman–Crippen LogP) is -3.62. The van der Waals surface area contributed by atoms with Crippen LogP contribution in [0.1, 0.15) is 0 Å². The molecular formula is C7H10N2O7. The highest BCUT2D eigenvalue weighted by molar-refractivity contribution is 5.38. The summed E-state index contributed by atoms with van der Waals surface area (Å²) in [6.07, 6.45) is -4.56. The van der Waals surface area contributed by atoms with E-state index in [0.717, 1.165) is 12.2 Å². The van der Waals surface area contributed by atoms with Crippen LogP contribution in [-0.4, -0.2) is 68.5 Å². The van der Waals surface area contributed by atoms with Crippen LogP contribution in [0.2, 0.25) is 0 Å². The van der Waals surface area contributed by atoms with Gasteiger partial charge >= 0.3 is 5.85 Å². The lowest BCUT2D eigenvalue weighted by Gasteiger charge is -2.27. The molecule has 0 aliphatic heterocycles. The van der Waals surface area contributed by atoms with Crippen LogP contribution in [0.25, 0.3) is 0 Å². The molecule has 0 unspecified atom stereocenters. The zero-order chi connectivity index (χ0) is 12.8. The van der Waals surface area contributed by atoms with Crippen LogP contribution in [-0.2, 0) is 9.59 Å². The van der Waals surface area contributed by atoms with E-state index >= 15 is 0 Å². The number of hydrogen-bond acceptors (Lipinski definition) is 9. The number of aliphatic hydroxyl groups is 5. The zero-order valence-corrected chi connectivity index (χ0v) is 7.89. The summed E-state index contributed by atoms with van der Waals surface area (Å²) in [5, 5.41) is 45.2. The lowest BCUT2D eigenvalue weighted by molar-refractivity contribution is -0.151. The molecule has 90 valence electrons. The highest BCUT2D eigenvalue weighted by Crippen LogP contribution is 2.18. The Morgan fingerprint density at radius 2 is 1.56 bits per heavy atom. The van der Waals surface area contributed by atoms with Crippen molar-refractivity contribution in [3.63, 3.8) is 0 Å². The smallest absolute Gasteiger partial charge is 0.305 e. The van der Waals surface area contributed by atoms with Crippen molar-refractivity contribution in [3.05, 3.63) is 0 Å². The molecule has 0 amide bonds. The van der Waals surface area contributed by atoms with E-state index in [0.29, 0.717) is 0 Å². The summed E-state index contributed by atoms with van der Waals surface area (Å²) in [5.74, 6) is -3.00. The molecule has 0 rings (SSSR count). The Labute approximate surface area is 89.0 Å². The molecule has 0 aliphatic rings. The van der Waals surface area contributed by atoms with Crippen molar-refractivity contribution in [2.24, 2.45) is 9.98 Å². The first-order valence-corrected chi connectivity index (χ1v) is 3.98. The molecule has 0 fully saturated rings. The van der Waals surface area contributed by atoms with Gasteiger partial charge < -0.3 is 25.5 Å². The minimum absolute atomic E-state index is 0.823. The lowest BCUT2D eigenvalue weighted by Crippen LogP contribution is -2.51. The lowest BCUT2D eigenvalue weighted by atomic mass is 10.0. The fraction of sp³-hybridized carbons (Fsp3) is 0.714. The van der Waals surface area contributed by atoms with Crippen LogP contribution in [0.5, 0.6) is 0 Å². The third-order valence-electron chi connectivity index (χ3n) is 1.72. The average Bonchev–Trinajstić information content (AvgIpc) is 2.26. The van der Waals surface area contributed by atoms with E-state index in [4.69, 9.17) is 10.2 Å². The summed E-state index contributed by atoms with van der Waals surface area (Å²) < 4.78 is 0. The number of hydrogen-bond donors (Lipinski definition) is 5. The largest absolute Gasteiger partial charge is 0.394 e. The van der Waals surface area contributed by atoms with Gasteiger partial charge in [0.05, 0.1) is 6.61 Å². The summed E-state index contributed by atoms with van der Waals surface area (Å²) in [4.78, 5) is 25.0.